The van der Waals surface area contributed by atoms with E-state index in [1.165, 1.54) is 0 Å². The van der Waals surface area contributed by atoms with E-state index in [0.29, 0.717) is 18.7 Å². The number of carboxylic acids is 2. The Morgan fingerprint density at radius 2 is 1.45 bits per heavy atom. The molecule has 0 radical (unpaired) electrons. The van der Waals surface area contributed by atoms with Crippen LogP contribution in [0.2, 0.25) is 0 Å². The minimum atomic E-state index is -1.03. The van der Waals surface area contributed by atoms with Crippen LogP contribution < -0.4 is 5.32 Å². The summed E-state index contributed by atoms with van der Waals surface area (Å²) >= 11 is 0. The number of nitrogens with one attached hydrogen (secondary N) is 1. The van der Waals surface area contributed by atoms with E-state index in [1.807, 2.05) is 35.2 Å². The monoisotopic (exact) mass is 454 g/mol. The highest BCUT2D eigenvalue weighted by Gasteiger charge is 2.36. The van der Waals surface area contributed by atoms with Gasteiger partial charge in [-0.25, -0.2) is 0 Å². The number of hydrogen-bond donors (Lipinski definition) is 3. The van der Waals surface area contributed by atoms with Crippen LogP contribution in [0.4, 0.5) is 5.69 Å². The van der Waals surface area contributed by atoms with Crippen LogP contribution in [-0.2, 0) is 20.9 Å². The fourth-order valence-electron chi connectivity index (χ4n) is 4.48. The van der Waals surface area contributed by atoms with Crippen LogP contribution in [0.25, 0.3) is 0 Å². The van der Waals surface area contributed by atoms with Crippen LogP contribution in [0.1, 0.15) is 31.4 Å². The van der Waals surface area contributed by atoms with Gasteiger partial charge in [-0.15, -0.1) is 0 Å². The second-order valence-corrected chi connectivity index (χ2v) is 8.25. The van der Waals surface area contributed by atoms with E-state index in [4.69, 9.17) is 0 Å². The summed E-state index contributed by atoms with van der Waals surface area (Å²) in [5.41, 5.74) is 1.38. The molecule has 1 aromatic heterocycles. The van der Waals surface area contributed by atoms with Crippen molar-refractivity contribution in [2.75, 3.05) is 25.0 Å². The number of carbonyl (C=O) groups excluding carboxylic acids is 1. The molecule has 1 saturated carbocycles. The predicted molar refractivity (Wildman–Crippen MR) is 123 cm³/mol. The van der Waals surface area contributed by atoms with Crippen molar-refractivity contribution in [2.45, 2.75) is 44.3 Å². The van der Waals surface area contributed by atoms with Crippen LogP contribution in [0, 0.1) is 0 Å². The Hall–Kier alpha value is -3.30. The van der Waals surface area contributed by atoms with Gasteiger partial charge >= 0.3 is 11.9 Å². The molecule has 9 heteroatoms. The lowest BCUT2D eigenvalue weighted by atomic mass is 9.87. The van der Waals surface area contributed by atoms with Gasteiger partial charge in [0.1, 0.15) is 0 Å². The zero-order chi connectivity index (χ0) is 23.6. The first-order valence-electron chi connectivity index (χ1n) is 11.1. The molecule has 1 amide bonds. The number of aromatic nitrogens is 1. The van der Waals surface area contributed by atoms with E-state index >= 15 is 0 Å². The van der Waals surface area contributed by atoms with Crippen molar-refractivity contribution in [3.8, 4) is 0 Å². The molecule has 3 rings (SSSR count). The van der Waals surface area contributed by atoms with Crippen molar-refractivity contribution in [1.29, 1.82) is 0 Å². The van der Waals surface area contributed by atoms with Crippen molar-refractivity contribution in [3.05, 3.63) is 60.4 Å². The summed E-state index contributed by atoms with van der Waals surface area (Å²) in [5.74, 6) is -2.29. The van der Waals surface area contributed by atoms with E-state index in [-0.39, 0.29) is 37.6 Å². The summed E-state index contributed by atoms with van der Waals surface area (Å²) in [4.78, 5) is 43.9. The summed E-state index contributed by atoms with van der Waals surface area (Å²) in [6.07, 6.45) is 4.88. The largest absolute Gasteiger partial charge is 0.480 e. The van der Waals surface area contributed by atoms with Gasteiger partial charge in [0.15, 0.2) is 0 Å². The van der Waals surface area contributed by atoms with Gasteiger partial charge in [0.05, 0.1) is 25.3 Å². The molecule has 1 aliphatic rings. The quantitative estimate of drug-likeness (QED) is 0.473. The molecule has 1 heterocycles. The molecule has 0 bridgehead atoms. The van der Waals surface area contributed by atoms with Crippen molar-refractivity contribution in [3.63, 3.8) is 0 Å². The van der Waals surface area contributed by atoms with Gasteiger partial charge in [-0.3, -0.25) is 29.2 Å². The lowest BCUT2D eigenvalue weighted by Crippen LogP contribution is -2.56. The van der Waals surface area contributed by atoms with Crippen LogP contribution in [0.15, 0.2) is 54.7 Å². The van der Waals surface area contributed by atoms with Crippen LogP contribution in [0.3, 0.4) is 0 Å². The third kappa shape index (κ3) is 7.65. The number of aliphatic carboxylic acids is 2. The van der Waals surface area contributed by atoms with Crippen molar-refractivity contribution in [1.82, 2.24) is 14.8 Å². The second kappa shape index (κ2) is 12.1. The van der Waals surface area contributed by atoms with Gasteiger partial charge in [0.2, 0.25) is 5.91 Å². The maximum Gasteiger partial charge on any atom is 0.317 e. The van der Waals surface area contributed by atoms with Crippen molar-refractivity contribution in [2.24, 2.45) is 0 Å². The lowest BCUT2D eigenvalue weighted by Gasteiger charge is -2.44. The number of carboxylic acid groups (broad SMARTS) is 2. The zero-order valence-electron chi connectivity index (χ0n) is 18.5. The average molecular weight is 455 g/mol. The first-order valence-corrected chi connectivity index (χ1v) is 11.1. The number of para-hydroxylation sites is 1. The minimum Gasteiger partial charge on any atom is -0.480 e. The number of nitrogens with zero attached hydrogens (tertiary/aromatic N) is 3. The van der Waals surface area contributed by atoms with Gasteiger partial charge in [-0.2, -0.15) is 0 Å². The van der Waals surface area contributed by atoms with Gasteiger partial charge < -0.3 is 15.5 Å². The van der Waals surface area contributed by atoms with Crippen molar-refractivity contribution >= 4 is 23.5 Å². The molecule has 2 atom stereocenters. The lowest BCUT2D eigenvalue weighted by molar-refractivity contribution is -0.143. The van der Waals surface area contributed by atoms with Crippen LogP contribution in [0.5, 0.6) is 0 Å². The van der Waals surface area contributed by atoms with Gasteiger partial charge in [-0.1, -0.05) is 37.1 Å². The first-order chi connectivity index (χ1) is 15.9. The van der Waals surface area contributed by atoms with Crippen LogP contribution in [-0.4, -0.2) is 74.6 Å². The minimum absolute atomic E-state index is 0.0904. The highest BCUT2D eigenvalue weighted by atomic mass is 16.4. The maximum atomic E-state index is 12.7. The SMILES string of the molecule is O=C(O)CN(CC(=O)Nc1ccccc1)C1CCCCC1N(CC(=O)O)Cc1ccccn1. The highest BCUT2D eigenvalue weighted by molar-refractivity contribution is 5.92. The predicted octanol–water partition coefficient (Wildman–Crippen LogP) is 2.30. The fraction of sp³-hybridized carbons (Fsp3) is 0.417. The Morgan fingerprint density at radius 3 is 2.06 bits per heavy atom. The third-order valence-electron chi connectivity index (χ3n) is 5.80. The molecule has 1 aliphatic carbocycles. The molecule has 0 saturated heterocycles. The molecule has 0 spiro atoms. The fourth-order valence-corrected chi connectivity index (χ4v) is 4.48. The zero-order valence-corrected chi connectivity index (χ0v) is 18.5. The maximum absolute atomic E-state index is 12.7. The van der Waals surface area contributed by atoms with E-state index in [0.717, 1.165) is 25.0 Å². The molecule has 1 fully saturated rings. The number of amides is 1. The Labute approximate surface area is 193 Å². The smallest absolute Gasteiger partial charge is 0.317 e. The number of rotatable bonds is 11. The Morgan fingerprint density at radius 1 is 0.848 bits per heavy atom. The first kappa shape index (κ1) is 24.3. The normalized spacial score (nSPS) is 18.2. The van der Waals surface area contributed by atoms with Gasteiger partial charge in [0, 0.05) is 30.5 Å². The summed E-state index contributed by atoms with van der Waals surface area (Å²) < 4.78 is 0. The van der Waals surface area contributed by atoms with Crippen LogP contribution >= 0.6 is 0 Å². The standard InChI is InChI=1S/C24H30N4O5/c29-22(26-18-8-2-1-3-9-18)15-28(17-24(32)33)21-12-5-4-11-20(21)27(16-23(30)31)14-19-10-6-7-13-25-19/h1-3,6-10,13,20-21H,4-5,11-12,14-17H2,(H,26,29)(H,30,31)(H,32,33). The summed E-state index contributed by atoms with van der Waals surface area (Å²) in [7, 11) is 0. The molecule has 2 aromatic rings. The Balaban J connectivity index is 1.80. The molecular weight excluding hydrogens is 424 g/mol. The molecule has 33 heavy (non-hydrogen) atoms. The number of anilines is 1. The van der Waals surface area contributed by atoms with Gasteiger partial charge in [-0.05, 0) is 37.1 Å². The molecular formula is C24H30N4O5. The summed E-state index contributed by atoms with van der Waals surface area (Å²) in [6, 6.07) is 14.0. The second-order valence-electron chi connectivity index (χ2n) is 8.25. The van der Waals surface area contributed by atoms with E-state index in [1.54, 1.807) is 29.3 Å². The molecule has 0 aliphatic heterocycles. The molecule has 2 unspecified atom stereocenters. The average Bonchev–Trinajstić information content (AvgIpc) is 2.79. The molecule has 1 aromatic carbocycles. The van der Waals surface area contributed by atoms with E-state index < -0.39 is 11.9 Å². The Bertz CT molecular complexity index is 925. The van der Waals surface area contributed by atoms with E-state index in [2.05, 4.69) is 10.3 Å². The number of pyridine rings is 1. The number of benzene rings is 1. The van der Waals surface area contributed by atoms with E-state index in [9.17, 15) is 24.6 Å². The highest BCUT2D eigenvalue weighted by Crippen LogP contribution is 2.28. The topological polar surface area (TPSA) is 123 Å². The number of carbonyl (C=O) groups is 3. The Kier molecular flexibility index (Phi) is 8.91. The third-order valence-corrected chi connectivity index (χ3v) is 5.80. The van der Waals surface area contributed by atoms with Crippen molar-refractivity contribution < 1.29 is 24.6 Å². The van der Waals surface area contributed by atoms with Gasteiger partial charge in [0.25, 0.3) is 0 Å². The molecule has 176 valence electrons. The number of hydrogen-bond acceptors (Lipinski definition) is 6. The summed E-state index contributed by atoms with van der Waals surface area (Å²) in [6.45, 7) is -0.235. The summed E-state index contributed by atoms with van der Waals surface area (Å²) in [5, 5.41) is 21.9. The molecule has 9 nitrogen and oxygen atoms in total. The molecule has 3 N–H and O–H groups in total.